The molecule has 82 valence electrons. The molecule has 0 aliphatic heterocycles. The summed E-state index contributed by atoms with van der Waals surface area (Å²) >= 11 is 0. The Labute approximate surface area is 88.6 Å². The van der Waals surface area contributed by atoms with E-state index in [1.54, 1.807) is 19.3 Å². The second-order valence-corrected chi connectivity index (χ2v) is 3.34. The number of hydrogen-bond donors (Lipinski definition) is 1. The number of esters is 1. The van der Waals surface area contributed by atoms with Crippen molar-refractivity contribution in [2.45, 2.75) is 20.3 Å². The highest BCUT2D eigenvalue weighted by molar-refractivity contribution is 5.97. The summed E-state index contributed by atoms with van der Waals surface area (Å²) in [7, 11) is 0. The van der Waals surface area contributed by atoms with Crippen LogP contribution in [0.1, 0.15) is 19.4 Å². The maximum absolute atomic E-state index is 11.5. The van der Waals surface area contributed by atoms with Crippen LogP contribution in [0.5, 0.6) is 0 Å². The summed E-state index contributed by atoms with van der Waals surface area (Å²) < 4.78 is 4.84. The first-order valence-electron chi connectivity index (χ1n) is 4.94. The van der Waals surface area contributed by atoms with Gasteiger partial charge in [0.05, 0.1) is 6.61 Å². The summed E-state index contributed by atoms with van der Waals surface area (Å²) in [6.07, 6.45) is 3.94. The molecule has 0 aliphatic carbocycles. The van der Waals surface area contributed by atoms with E-state index in [1.807, 2.05) is 6.07 Å². The molecule has 0 amide bonds. The molecule has 0 fully saturated rings. The van der Waals surface area contributed by atoms with E-state index in [1.165, 1.54) is 6.92 Å². The number of ketones is 1. The zero-order valence-electron chi connectivity index (χ0n) is 8.95. The topological polar surface area (TPSA) is 59.2 Å². The number of carbonyl (C=O) groups is 2. The second kappa shape index (κ2) is 5.34. The third-order valence-corrected chi connectivity index (χ3v) is 2.16. The van der Waals surface area contributed by atoms with Gasteiger partial charge in [-0.2, -0.15) is 0 Å². The smallest absolute Gasteiger partial charge is 0.316 e. The number of aromatic amines is 1. The van der Waals surface area contributed by atoms with E-state index in [0.717, 1.165) is 5.56 Å². The Balaban J connectivity index is 2.66. The molecule has 0 bridgehead atoms. The number of rotatable bonds is 5. The van der Waals surface area contributed by atoms with Crippen LogP contribution < -0.4 is 0 Å². The fourth-order valence-electron chi connectivity index (χ4n) is 1.36. The third-order valence-electron chi connectivity index (χ3n) is 2.16. The highest BCUT2D eigenvalue weighted by Gasteiger charge is 2.24. The second-order valence-electron chi connectivity index (χ2n) is 3.34. The molecule has 1 atom stereocenters. The number of H-pyrrole nitrogens is 1. The average molecular weight is 209 g/mol. The highest BCUT2D eigenvalue weighted by atomic mass is 16.5. The van der Waals surface area contributed by atoms with E-state index in [9.17, 15) is 9.59 Å². The maximum Gasteiger partial charge on any atom is 0.316 e. The summed E-state index contributed by atoms with van der Waals surface area (Å²) in [6.45, 7) is 3.44. The van der Waals surface area contributed by atoms with Crippen LogP contribution in [0.15, 0.2) is 18.5 Å². The first kappa shape index (κ1) is 11.5. The van der Waals surface area contributed by atoms with Crippen LogP contribution in [-0.4, -0.2) is 23.3 Å². The Kier molecular flexibility index (Phi) is 4.09. The molecule has 1 rings (SSSR count). The largest absolute Gasteiger partial charge is 0.465 e. The van der Waals surface area contributed by atoms with Crippen LogP contribution in [0.2, 0.25) is 0 Å². The monoisotopic (exact) mass is 209 g/mol. The quantitative estimate of drug-likeness (QED) is 0.587. The molecule has 4 nitrogen and oxygen atoms in total. The zero-order chi connectivity index (χ0) is 11.3. The van der Waals surface area contributed by atoms with Gasteiger partial charge in [0.2, 0.25) is 0 Å². The Morgan fingerprint density at radius 3 is 2.73 bits per heavy atom. The van der Waals surface area contributed by atoms with Gasteiger partial charge in [-0.25, -0.2) is 0 Å². The fourth-order valence-corrected chi connectivity index (χ4v) is 1.36. The van der Waals surface area contributed by atoms with Gasteiger partial charge in [0.25, 0.3) is 0 Å². The van der Waals surface area contributed by atoms with Crippen LogP contribution in [-0.2, 0) is 20.7 Å². The van der Waals surface area contributed by atoms with Crippen molar-refractivity contribution < 1.29 is 14.3 Å². The van der Waals surface area contributed by atoms with Crippen LogP contribution in [0.4, 0.5) is 0 Å². The predicted molar refractivity (Wildman–Crippen MR) is 55.3 cm³/mol. The van der Waals surface area contributed by atoms with Crippen molar-refractivity contribution in [3.63, 3.8) is 0 Å². The van der Waals surface area contributed by atoms with Gasteiger partial charge in [-0.05, 0) is 31.9 Å². The Bertz CT molecular complexity index is 330. The molecule has 0 radical (unpaired) electrons. The lowest BCUT2D eigenvalue weighted by Crippen LogP contribution is -2.26. The van der Waals surface area contributed by atoms with Gasteiger partial charge in [0.1, 0.15) is 11.7 Å². The Hall–Kier alpha value is -1.58. The first-order valence-corrected chi connectivity index (χ1v) is 4.94. The summed E-state index contributed by atoms with van der Waals surface area (Å²) in [5.74, 6) is -1.28. The van der Waals surface area contributed by atoms with E-state index in [-0.39, 0.29) is 5.78 Å². The minimum Gasteiger partial charge on any atom is -0.465 e. The van der Waals surface area contributed by atoms with Crippen molar-refractivity contribution in [1.29, 1.82) is 0 Å². The molecule has 0 aromatic carbocycles. The van der Waals surface area contributed by atoms with Gasteiger partial charge >= 0.3 is 5.97 Å². The van der Waals surface area contributed by atoms with Crippen molar-refractivity contribution in [3.8, 4) is 0 Å². The standard InChI is InChI=1S/C11H15NO3/c1-3-15-11(14)10(8(2)13)6-9-4-5-12-7-9/h4-5,7,10,12H,3,6H2,1-2H3. The lowest BCUT2D eigenvalue weighted by atomic mass is 9.98. The van der Waals surface area contributed by atoms with Crippen molar-refractivity contribution in [2.24, 2.45) is 5.92 Å². The van der Waals surface area contributed by atoms with Crippen LogP contribution in [0.25, 0.3) is 0 Å². The normalized spacial score (nSPS) is 12.1. The van der Waals surface area contributed by atoms with Crippen molar-refractivity contribution in [2.75, 3.05) is 6.61 Å². The number of nitrogens with one attached hydrogen (secondary N) is 1. The SMILES string of the molecule is CCOC(=O)C(Cc1cc[nH]c1)C(C)=O. The number of ether oxygens (including phenoxy) is 1. The molecule has 1 aromatic heterocycles. The van der Waals surface area contributed by atoms with Crippen molar-refractivity contribution in [1.82, 2.24) is 4.98 Å². The number of Topliss-reactive ketones (excluding diaryl/α,β-unsaturated/α-hetero) is 1. The highest BCUT2D eigenvalue weighted by Crippen LogP contribution is 2.11. The van der Waals surface area contributed by atoms with E-state index in [2.05, 4.69) is 4.98 Å². The van der Waals surface area contributed by atoms with E-state index >= 15 is 0 Å². The molecule has 0 aliphatic rings. The van der Waals surface area contributed by atoms with Gasteiger partial charge in [0.15, 0.2) is 0 Å². The lowest BCUT2D eigenvalue weighted by molar-refractivity contribution is -0.151. The summed E-state index contributed by atoms with van der Waals surface area (Å²) in [4.78, 5) is 25.6. The molecule has 1 heterocycles. The predicted octanol–water partition coefficient (Wildman–Crippen LogP) is 1.33. The third kappa shape index (κ3) is 3.23. The van der Waals surface area contributed by atoms with Gasteiger partial charge in [-0.1, -0.05) is 0 Å². The van der Waals surface area contributed by atoms with Gasteiger partial charge < -0.3 is 9.72 Å². The van der Waals surface area contributed by atoms with E-state index in [4.69, 9.17) is 4.74 Å². The summed E-state index contributed by atoms with van der Waals surface area (Å²) in [5, 5.41) is 0. The average Bonchev–Trinajstić information content (AvgIpc) is 2.66. The first-order chi connectivity index (χ1) is 7.15. The molecule has 0 spiro atoms. The molecular formula is C11H15NO3. The number of carbonyl (C=O) groups excluding carboxylic acids is 2. The molecule has 4 heteroatoms. The summed E-state index contributed by atoms with van der Waals surface area (Å²) in [5.41, 5.74) is 0.934. The number of aromatic nitrogens is 1. The maximum atomic E-state index is 11.5. The minimum absolute atomic E-state index is 0.158. The molecular weight excluding hydrogens is 194 g/mol. The molecule has 1 N–H and O–H groups in total. The van der Waals surface area contributed by atoms with Gasteiger partial charge in [0, 0.05) is 12.4 Å². The molecule has 0 saturated carbocycles. The zero-order valence-corrected chi connectivity index (χ0v) is 8.95. The fraction of sp³-hybridized carbons (Fsp3) is 0.455. The van der Waals surface area contributed by atoms with E-state index in [0.29, 0.717) is 13.0 Å². The molecule has 15 heavy (non-hydrogen) atoms. The van der Waals surface area contributed by atoms with Crippen LogP contribution in [0, 0.1) is 5.92 Å². The number of hydrogen-bond acceptors (Lipinski definition) is 3. The minimum atomic E-state index is -0.680. The van der Waals surface area contributed by atoms with Crippen molar-refractivity contribution >= 4 is 11.8 Å². The van der Waals surface area contributed by atoms with Gasteiger partial charge in [-0.15, -0.1) is 0 Å². The van der Waals surface area contributed by atoms with Crippen LogP contribution in [0.3, 0.4) is 0 Å². The Morgan fingerprint density at radius 1 is 1.53 bits per heavy atom. The van der Waals surface area contributed by atoms with Gasteiger partial charge in [-0.3, -0.25) is 9.59 Å². The molecule has 0 saturated heterocycles. The summed E-state index contributed by atoms with van der Waals surface area (Å²) in [6, 6.07) is 1.84. The van der Waals surface area contributed by atoms with Crippen molar-refractivity contribution in [3.05, 3.63) is 24.0 Å². The molecule has 1 aromatic rings. The van der Waals surface area contributed by atoms with Crippen LogP contribution >= 0.6 is 0 Å². The van der Waals surface area contributed by atoms with E-state index < -0.39 is 11.9 Å². The lowest BCUT2D eigenvalue weighted by Gasteiger charge is -2.11. The molecule has 1 unspecified atom stereocenters. The Morgan fingerprint density at radius 2 is 2.27 bits per heavy atom.